The molecule has 2 N–H and O–H groups in total. The minimum absolute atomic E-state index is 0.101. The van der Waals surface area contributed by atoms with Crippen LogP contribution in [0.2, 0.25) is 0 Å². The van der Waals surface area contributed by atoms with E-state index < -0.39 is 0 Å². The Morgan fingerprint density at radius 3 is 2.58 bits per heavy atom. The fourth-order valence-corrected chi connectivity index (χ4v) is 6.79. The molecule has 1 saturated heterocycles. The molecule has 2 aromatic rings. The van der Waals surface area contributed by atoms with Crippen molar-refractivity contribution in [1.82, 2.24) is 15.2 Å². The molecular weight excluding hydrogens is 434 g/mol. The van der Waals surface area contributed by atoms with Crippen molar-refractivity contribution in [2.75, 3.05) is 20.2 Å². The molecule has 1 aliphatic heterocycles. The van der Waals surface area contributed by atoms with Gasteiger partial charge in [-0.05, 0) is 75.5 Å². The van der Waals surface area contributed by atoms with E-state index in [0.29, 0.717) is 29.5 Å². The monoisotopic (exact) mass is 471 g/mol. The molecule has 7 heteroatoms. The fourth-order valence-electron chi connectivity index (χ4n) is 5.57. The standard InChI is InChI=1S/C26H37N3O3S/c1-15-10-16(2)28-26(31)22(15)11-27-25(30)23-14-33-24(18(23)4)17(3)19-6-8-20(9-7-19)29-12-21(13-29)32-5/h10,14,17,19-21H,6-9,11-13H2,1-5H3,(H,27,30)(H,28,31)/t17-,19-,20-/m1/s1. The van der Waals surface area contributed by atoms with E-state index >= 15 is 0 Å². The SMILES string of the molecule is COC1CN([C@H]2CC[C@H]([C@@H](C)c3scc(C(=O)NCc4c(C)cc(C)[nH]c4=O)c3C)CC2)C1. The second kappa shape index (κ2) is 10.1. The van der Waals surface area contributed by atoms with E-state index in [1.54, 1.807) is 11.3 Å². The molecule has 3 heterocycles. The summed E-state index contributed by atoms with van der Waals surface area (Å²) in [4.78, 5) is 31.9. The van der Waals surface area contributed by atoms with Crippen LogP contribution in [0.4, 0.5) is 0 Å². The Morgan fingerprint density at radius 1 is 1.24 bits per heavy atom. The Bertz CT molecular complexity index is 1050. The minimum Gasteiger partial charge on any atom is -0.379 e. The summed E-state index contributed by atoms with van der Waals surface area (Å²) in [7, 11) is 1.81. The lowest BCUT2D eigenvalue weighted by atomic mass is 9.77. The van der Waals surface area contributed by atoms with Crippen LogP contribution in [-0.4, -0.2) is 48.1 Å². The van der Waals surface area contributed by atoms with Crippen LogP contribution in [0.1, 0.15) is 76.1 Å². The molecule has 0 spiro atoms. The summed E-state index contributed by atoms with van der Waals surface area (Å²) in [5.74, 6) is 1.03. The number of thiophene rings is 1. The number of rotatable bonds is 7. The first kappa shape index (κ1) is 24.2. The Balaban J connectivity index is 1.34. The van der Waals surface area contributed by atoms with Gasteiger partial charge in [0.05, 0.1) is 11.7 Å². The number of hydrogen-bond acceptors (Lipinski definition) is 5. The number of nitrogens with zero attached hydrogens (tertiary/aromatic N) is 1. The van der Waals surface area contributed by atoms with Gasteiger partial charge in [0.2, 0.25) is 0 Å². The summed E-state index contributed by atoms with van der Waals surface area (Å²) >= 11 is 1.71. The zero-order chi connectivity index (χ0) is 23.7. The van der Waals surface area contributed by atoms with Gasteiger partial charge in [-0.2, -0.15) is 0 Å². The van der Waals surface area contributed by atoms with Crippen molar-refractivity contribution in [2.24, 2.45) is 5.92 Å². The van der Waals surface area contributed by atoms with Gasteiger partial charge in [0, 0.05) is 54.3 Å². The van der Waals surface area contributed by atoms with Gasteiger partial charge in [-0.15, -0.1) is 11.3 Å². The Labute approximate surface area is 200 Å². The van der Waals surface area contributed by atoms with E-state index in [2.05, 4.69) is 29.0 Å². The van der Waals surface area contributed by atoms with Crippen LogP contribution in [0, 0.1) is 26.7 Å². The number of nitrogens with one attached hydrogen (secondary N) is 2. The lowest BCUT2D eigenvalue weighted by molar-refractivity contribution is -0.0600. The third-order valence-corrected chi connectivity index (χ3v) is 9.12. The van der Waals surface area contributed by atoms with Crippen LogP contribution < -0.4 is 10.9 Å². The molecule has 2 fully saturated rings. The van der Waals surface area contributed by atoms with Crippen LogP contribution in [0.5, 0.6) is 0 Å². The van der Waals surface area contributed by atoms with Gasteiger partial charge in [-0.1, -0.05) is 6.92 Å². The predicted octanol–water partition coefficient (Wildman–Crippen LogP) is 4.28. The third-order valence-electron chi connectivity index (χ3n) is 7.83. The zero-order valence-electron chi connectivity index (χ0n) is 20.5. The second-order valence-electron chi connectivity index (χ2n) is 9.93. The molecule has 0 radical (unpaired) electrons. The summed E-state index contributed by atoms with van der Waals surface area (Å²) in [5, 5.41) is 4.95. The van der Waals surface area contributed by atoms with Crippen LogP contribution in [0.3, 0.4) is 0 Å². The van der Waals surface area contributed by atoms with Crippen LogP contribution in [-0.2, 0) is 11.3 Å². The Morgan fingerprint density at radius 2 is 1.94 bits per heavy atom. The molecule has 1 atom stereocenters. The summed E-state index contributed by atoms with van der Waals surface area (Å²) in [5.41, 5.74) is 4.05. The number of aromatic nitrogens is 1. The highest BCUT2D eigenvalue weighted by Gasteiger charge is 2.36. The number of pyridine rings is 1. The highest BCUT2D eigenvalue weighted by atomic mass is 32.1. The molecule has 0 aromatic carbocycles. The van der Waals surface area contributed by atoms with E-state index in [0.717, 1.165) is 35.5 Å². The summed E-state index contributed by atoms with van der Waals surface area (Å²) in [6, 6.07) is 2.64. The number of ether oxygens (including phenoxy) is 1. The Kier molecular flexibility index (Phi) is 7.41. The second-order valence-corrected chi connectivity index (χ2v) is 10.8. The number of methoxy groups -OCH3 is 1. The smallest absolute Gasteiger partial charge is 0.253 e. The topological polar surface area (TPSA) is 74.4 Å². The van der Waals surface area contributed by atoms with E-state index in [1.165, 1.54) is 30.6 Å². The molecule has 1 saturated carbocycles. The van der Waals surface area contributed by atoms with Crippen molar-refractivity contribution in [3.8, 4) is 0 Å². The maximum atomic E-state index is 12.9. The van der Waals surface area contributed by atoms with E-state index in [1.807, 2.05) is 32.4 Å². The normalized spacial score (nSPS) is 22.7. The van der Waals surface area contributed by atoms with Gasteiger partial charge in [-0.25, -0.2) is 0 Å². The van der Waals surface area contributed by atoms with Crippen molar-refractivity contribution in [1.29, 1.82) is 0 Å². The van der Waals surface area contributed by atoms with Crippen molar-refractivity contribution >= 4 is 17.2 Å². The molecular formula is C26H37N3O3S. The van der Waals surface area contributed by atoms with E-state index in [9.17, 15) is 9.59 Å². The van der Waals surface area contributed by atoms with Crippen LogP contribution in [0.25, 0.3) is 0 Å². The molecule has 2 aliphatic rings. The van der Waals surface area contributed by atoms with Crippen LogP contribution >= 0.6 is 11.3 Å². The van der Waals surface area contributed by atoms with Gasteiger partial charge in [0.1, 0.15) is 0 Å². The van der Waals surface area contributed by atoms with Gasteiger partial charge in [0.15, 0.2) is 0 Å². The van der Waals surface area contributed by atoms with Gasteiger partial charge < -0.3 is 15.0 Å². The number of aryl methyl sites for hydroxylation is 2. The average molecular weight is 472 g/mol. The minimum atomic E-state index is -0.129. The number of amides is 1. The Hall–Kier alpha value is -1.96. The molecule has 33 heavy (non-hydrogen) atoms. The molecule has 1 aliphatic carbocycles. The van der Waals surface area contributed by atoms with Crippen LogP contribution in [0.15, 0.2) is 16.2 Å². The van der Waals surface area contributed by atoms with Gasteiger partial charge >= 0.3 is 0 Å². The first-order valence-electron chi connectivity index (χ1n) is 12.1. The number of aromatic amines is 1. The third kappa shape index (κ3) is 5.10. The molecule has 1 amide bonds. The number of H-pyrrole nitrogens is 1. The highest BCUT2D eigenvalue weighted by Crippen LogP contribution is 2.41. The van der Waals surface area contributed by atoms with Gasteiger partial charge in [-0.3, -0.25) is 14.5 Å². The number of carbonyl (C=O) groups is 1. The molecule has 4 rings (SSSR count). The molecule has 0 unspecified atom stereocenters. The summed E-state index contributed by atoms with van der Waals surface area (Å²) in [6.45, 7) is 10.6. The fraction of sp³-hybridized carbons (Fsp3) is 0.615. The van der Waals surface area contributed by atoms with Crippen molar-refractivity contribution in [2.45, 2.75) is 78.0 Å². The molecule has 6 nitrogen and oxygen atoms in total. The van der Waals surface area contributed by atoms with Gasteiger partial charge in [0.25, 0.3) is 11.5 Å². The highest BCUT2D eigenvalue weighted by molar-refractivity contribution is 7.10. The largest absolute Gasteiger partial charge is 0.379 e. The molecule has 0 bridgehead atoms. The number of likely N-dealkylation sites (tertiary alicyclic amines) is 1. The summed E-state index contributed by atoms with van der Waals surface area (Å²) < 4.78 is 5.43. The lowest BCUT2D eigenvalue weighted by Gasteiger charge is -2.46. The predicted molar refractivity (Wildman–Crippen MR) is 133 cm³/mol. The summed E-state index contributed by atoms with van der Waals surface area (Å²) in [6.07, 6.45) is 5.43. The van der Waals surface area contributed by atoms with E-state index in [4.69, 9.17) is 4.74 Å². The van der Waals surface area contributed by atoms with E-state index in [-0.39, 0.29) is 18.0 Å². The van der Waals surface area contributed by atoms with Crippen molar-refractivity contribution in [3.63, 3.8) is 0 Å². The zero-order valence-corrected chi connectivity index (χ0v) is 21.3. The molecule has 180 valence electrons. The first-order valence-corrected chi connectivity index (χ1v) is 13.0. The quantitative estimate of drug-likeness (QED) is 0.632. The lowest BCUT2D eigenvalue weighted by Crippen LogP contribution is -2.56. The van der Waals surface area contributed by atoms with Crippen molar-refractivity contribution in [3.05, 3.63) is 54.6 Å². The average Bonchev–Trinajstić information content (AvgIpc) is 3.13. The molecule has 2 aromatic heterocycles. The first-order chi connectivity index (χ1) is 15.8. The van der Waals surface area contributed by atoms with Crippen molar-refractivity contribution < 1.29 is 9.53 Å². The number of carbonyl (C=O) groups excluding carboxylic acids is 1. The maximum absolute atomic E-state index is 12.9. The maximum Gasteiger partial charge on any atom is 0.253 e. The number of hydrogen-bond donors (Lipinski definition) is 2.